The number of amides is 1. The monoisotopic (exact) mass is 223 g/mol. The maximum Gasteiger partial charge on any atom is 0.219 e. The van der Waals surface area contributed by atoms with E-state index in [1.807, 2.05) is 6.07 Å². The van der Waals surface area contributed by atoms with Gasteiger partial charge in [0.05, 0.1) is 13.2 Å². The highest BCUT2D eigenvalue weighted by atomic mass is 19.1. The first-order chi connectivity index (χ1) is 7.66. The molecule has 16 heavy (non-hydrogen) atoms. The predicted molar refractivity (Wildman–Crippen MR) is 57.3 cm³/mol. The number of nitrogens with zero attached hydrogens (tertiary/aromatic N) is 1. The lowest BCUT2D eigenvalue weighted by Gasteiger charge is -2.32. The van der Waals surface area contributed by atoms with E-state index in [2.05, 4.69) is 0 Å². The molecule has 0 aliphatic carbocycles. The van der Waals surface area contributed by atoms with Crippen LogP contribution in [0.15, 0.2) is 24.3 Å². The summed E-state index contributed by atoms with van der Waals surface area (Å²) in [4.78, 5) is 13.0. The van der Waals surface area contributed by atoms with Gasteiger partial charge >= 0.3 is 0 Å². The zero-order chi connectivity index (χ0) is 11.5. The standard InChI is InChI=1S/C12H14FNO2/c1-9(15)14-5-6-16-12(8-14)10-3-2-4-11(13)7-10/h2-4,7,12H,5-6,8H2,1H3. The molecule has 1 atom stereocenters. The molecule has 0 saturated carbocycles. The van der Waals surface area contributed by atoms with Crippen LogP contribution in [0.3, 0.4) is 0 Å². The highest BCUT2D eigenvalue weighted by Crippen LogP contribution is 2.22. The molecule has 1 aliphatic heterocycles. The number of hydrogen-bond donors (Lipinski definition) is 0. The van der Waals surface area contributed by atoms with E-state index in [0.29, 0.717) is 19.7 Å². The molecule has 4 heteroatoms. The van der Waals surface area contributed by atoms with Crippen molar-refractivity contribution in [1.82, 2.24) is 4.90 Å². The molecular formula is C12H14FNO2. The minimum Gasteiger partial charge on any atom is -0.370 e. The molecule has 1 aromatic rings. The van der Waals surface area contributed by atoms with Crippen LogP contribution in [-0.2, 0) is 9.53 Å². The van der Waals surface area contributed by atoms with Crippen LogP contribution >= 0.6 is 0 Å². The zero-order valence-electron chi connectivity index (χ0n) is 9.15. The van der Waals surface area contributed by atoms with E-state index in [4.69, 9.17) is 4.74 Å². The normalized spacial score (nSPS) is 20.9. The van der Waals surface area contributed by atoms with Crippen LogP contribution in [0.1, 0.15) is 18.6 Å². The molecule has 0 spiro atoms. The Morgan fingerprint density at radius 3 is 3.06 bits per heavy atom. The maximum atomic E-state index is 13.0. The molecule has 3 nitrogen and oxygen atoms in total. The number of hydrogen-bond acceptors (Lipinski definition) is 2. The molecule has 1 unspecified atom stereocenters. The van der Waals surface area contributed by atoms with Crippen molar-refractivity contribution in [3.05, 3.63) is 35.6 Å². The quantitative estimate of drug-likeness (QED) is 0.725. The van der Waals surface area contributed by atoms with Gasteiger partial charge in [-0.05, 0) is 17.7 Å². The summed E-state index contributed by atoms with van der Waals surface area (Å²) >= 11 is 0. The van der Waals surface area contributed by atoms with Crippen molar-refractivity contribution in [3.8, 4) is 0 Å². The Balaban J connectivity index is 2.12. The molecule has 1 fully saturated rings. The fraction of sp³-hybridized carbons (Fsp3) is 0.417. The van der Waals surface area contributed by atoms with E-state index in [-0.39, 0.29) is 17.8 Å². The smallest absolute Gasteiger partial charge is 0.219 e. The van der Waals surface area contributed by atoms with Gasteiger partial charge in [0.15, 0.2) is 0 Å². The van der Waals surface area contributed by atoms with Crippen molar-refractivity contribution in [2.75, 3.05) is 19.7 Å². The number of morpholine rings is 1. The summed E-state index contributed by atoms with van der Waals surface area (Å²) in [6, 6.07) is 6.32. The van der Waals surface area contributed by atoms with Gasteiger partial charge in [-0.2, -0.15) is 0 Å². The predicted octanol–water partition coefficient (Wildman–Crippen LogP) is 1.75. The van der Waals surface area contributed by atoms with E-state index < -0.39 is 0 Å². The van der Waals surface area contributed by atoms with Crippen molar-refractivity contribution in [2.45, 2.75) is 13.0 Å². The summed E-state index contributed by atoms with van der Waals surface area (Å²) in [5.74, 6) is -0.245. The molecule has 1 amide bonds. The molecule has 0 N–H and O–H groups in total. The average molecular weight is 223 g/mol. The van der Waals surface area contributed by atoms with Crippen LogP contribution in [0, 0.1) is 5.82 Å². The van der Waals surface area contributed by atoms with E-state index in [1.54, 1.807) is 11.0 Å². The number of rotatable bonds is 1. The number of ether oxygens (including phenoxy) is 1. The summed E-state index contributed by atoms with van der Waals surface area (Å²) in [5, 5.41) is 0. The summed E-state index contributed by atoms with van der Waals surface area (Å²) in [5.41, 5.74) is 0.783. The van der Waals surface area contributed by atoms with Gasteiger partial charge in [0.1, 0.15) is 11.9 Å². The zero-order valence-corrected chi connectivity index (χ0v) is 9.15. The van der Waals surface area contributed by atoms with Gasteiger partial charge in [0.2, 0.25) is 5.91 Å². The van der Waals surface area contributed by atoms with Crippen LogP contribution in [0.2, 0.25) is 0 Å². The number of halogens is 1. The Morgan fingerprint density at radius 1 is 1.56 bits per heavy atom. The van der Waals surface area contributed by atoms with E-state index in [1.165, 1.54) is 19.1 Å². The minimum absolute atomic E-state index is 0.0321. The van der Waals surface area contributed by atoms with Crippen molar-refractivity contribution in [1.29, 1.82) is 0 Å². The molecule has 0 radical (unpaired) electrons. The minimum atomic E-state index is -0.277. The SMILES string of the molecule is CC(=O)N1CCOC(c2cccc(F)c2)C1. The largest absolute Gasteiger partial charge is 0.370 e. The third kappa shape index (κ3) is 2.39. The third-order valence-electron chi connectivity index (χ3n) is 2.73. The molecule has 1 heterocycles. The first-order valence-corrected chi connectivity index (χ1v) is 5.29. The van der Waals surface area contributed by atoms with Gasteiger partial charge in [-0.3, -0.25) is 4.79 Å². The van der Waals surface area contributed by atoms with Crippen molar-refractivity contribution in [2.24, 2.45) is 0 Å². The Kier molecular flexibility index (Phi) is 3.19. The summed E-state index contributed by atoms with van der Waals surface area (Å²) in [6.45, 7) is 3.15. The average Bonchev–Trinajstić information content (AvgIpc) is 2.29. The van der Waals surface area contributed by atoms with Gasteiger partial charge in [0, 0.05) is 13.5 Å². The molecule has 2 rings (SSSR count). The molecule has 0 bridgehead atoms. The van der Waals surface area contributed by atoms with Gasteiger partial charge in [-0.15, -0.1) is 0 Å². The third-order valence-corrected chi connectivity index (χ3v) is 2.73. The van der Waals surface area contributed by atoms with Crippen LogP contribution in [-0.4, -0.2) is 30.5 Å². The molecular weight excluding hydrogens is 209 g/mol. The number of benzene rings is 1. The highest BCUT2D eigenvalue weighted by molar-refractivity contribution is 5.73. The Labute approximate surface area is 93.8 Å². The highest BCUT2D eigenvalue weighted by Gasteiger charge is 2.23. The Bertz CT molecular complexity index is 394. The fourth-order valence-electron chi connectivity index (χ4n) is 1.84. The van der Waals surface area contributed by atoms with E-state index in [0.717, 1.165) is 5.56 Å². The first kappa shape index (κ1) is 11.1. The van der Waals surface area contributed by atoms with Crippen molar-refractivity contribution >= 4 is 5.91 Å². The van der Waals surface area contributed by atoms with E-state index in [9.17, 15) is 9.18 Å². The molecule has 0 aromatic heterocycles. The van der Waals surface area contributed by atoms with Crippen LogP contribution in [0.4, 0.5) is 4.39 Å². The van der Waals surface area contributed by atoms with Gasteiger partial charge in [-0.25, -0.2) is 4.39 Å². The van der Waals surface area contributed by atoms with Crippen LogP contribution < -0.4 is 0 Å². The van der Waals surface area contributed by atoms with Gasteiger partial charge < -0.3 is 9.64 Å². The summed E-state index contributed by atoms with van der Waals surface area (Å²) in [7, 11) is 0. The topological polar surface area (TPSA) is 29.5 Å². The van der Waals surface area contributed by atoms with Crippen LogP contribution in [0.25, 0.3) is 0 Å². The molecule has 86 valence electrons. The second-order valence-electron chi connectivity index (χ2n) is 3.88. The molecule has 1 aliphatic rings. The fourth-order valence-corrected chi connectivity index (χ4v) is 1.84. The summed E-state index contributed by atoms with van der Waals surface area (Å²) < 4.78 is 18.6. The van der Waals surface area contributed by atoms with Crippen LogP contribution in [0.5, 0.6) is 0 Å². The number of carbonyl (C=O) groups is 1. The Morgan fingerprint density at radius 2 is 2.38 bits per heavy atom. The number of carbonyl (C=O) groups excluding carboxylic acids is 1. The Hall–Kier alpha value is -1.42. The first-order valence-electron chi connectivity index (χ1n) is 5.29. The van der Waals surface area contributed by atoms with Gasteiger partial charge in [0.25, 0.3) is 0 Å². The van der Waals surface area contributed by atoms with E-state index >= 15 is 0 Å². The molecule has 1 aromatic carbocycles. The van der Waals surface area contributed by atoms with Gasteiger partial charge in [-0.1, -0.05) is 12.1 Å². The molecule has 1 saturated heterocycles. The second-order valence-corrected chi connectivity index (χ2v) is 3.88. The van der Waals surface area contributed by atoms with Crippen molar-refractivity contribution < 1.29 is 13.9 Å². The van der Waals surface area contributed by atoms with Crippen molar-refractivity contribution in [3.63, 3.8) is 0 Å². The second kappa shape index (κ2) is 4.61. The lowest BCUT2D eigenvalue weighted by Crippen LogP contribution is -2.41. The summed E-state index contributed by atoms with van der Waals surface area (Å²) in [6.07, 6.45) is -0.214. The lowest BCUT2D eigenvalue weighted by atomic mass is 10.1. The maximum absolute atomic E-state index is 13.0. The lowest BCUT2D eigenvalue weighted by molar-refractivity contribution is -0.136.